The molecular formula is C32H37NO11. The van der Waals surface area contributed by atoms with Gasteiger partial charge in [0, 0.05) is 45.2 Å². The summed E-state index contributed by atoms with van der Waals surface area (Å²) in [5, 5.41) is 12.6. The number of esters is 4. The molecule has 0 bridgehead atoms. The molecule has 5 atom stereocenters. The van der Waals surface area contributed by atoms with E-state index < -0.39 is 54.4 Å². The average Bonchev–Trinajstić information content (AvgIpc) is 2.93. The minimum atomic E-state index is -1.90. The third kappa shape index (κ3) is 8.66. The second-order valence-corrected chi connectivity index (χ2v) is 10.6. The van der Waals surface area contributed by atoms with Gasteiger partial charge < -0.3 is 33.8 Å². The third-order valence-electron chi connectivity index (χ3n) is 6.75. The number of benzene rings is 2. The number of hydrogen-bond donors (Lipinski definition) is 2. The predicted molar refractivity (Wildman–Crippen MR) is 159 cm³/mol. The first-order valence-corrected chi connectivity index (χ1v) is 13.9. The first kappa shape index (κ1) is 33.8. The van der Waals surface area contributed by atoms with E-state index in [0.29, 0.717) is 16.5 Å². The quantitative estimate of drug-likeness (QED) is 0.175. The highest BCUT2D eigenvalue weighted by Gasteiger charge is 2.45. The Morgan fingerprint density at radius 1 is 0.773 bits per heavy atom. The molecule has 5 unspecified atom stereocenters. The zero-order chi connectivity index (χ0) is 32.7. The van der Waals surface area contributed by atoms with E-state index in [1.54, 1.807) is 51.2 Å². The number of aliphatic hydroxyl groups excluding tert-OH is 1. The smallest absolute Gasteiger partial charge is 0.303 e. The zero-order valence-electron chi connectivity index (χ0n) is 25.7. The fraction of sp³-hybridized carbons (Fsp3) is 0.406. The molecule has 0 fully saturated rings. The van der Waals surface area contributed by atoms with Crippen LogP contribution in [0.5, 0.6) is 5.75 Å². The number of nitrogens with one attached hydrogen (secondary N) is 1. The number of ether oxygens (including phenoxy) is 5. The zero-order valence-corrected chi connectivity index (χ0v) is 25.7. The molecule has 0 aliphatic carbocycles. The maximum Gasteiger partial charge on any atom is 0.303 e. The Bertz CT molecular complexity index is 1570. The molecule has 0 aliphatic heterocycles. The Balaban J connectivity index is 1.99. The van der Waals surface area contributed by atoms with Gasteiger partial charge in [-0.1, -0.05) is 19.1 Å². The summed E-state index contributed by atoms with van der Waals surface area (Å²) in [4.78, 5) is 62.8. The molecule has 0 spiro atoms. The number of aryl methyl sites for hydroxylation is 2. The van der Waals surface area contributed by atoms with Crippen LogP contribution in [0.4, 0.5) is 0 Å². The lowest BCUT2D eigenvalue weighted by Gasteiger charge is -2.36. The van der Waals surface area contributed by atoms with Crippen LogP contribution in [0.3, 0.4) is 0 Å². The summed E-state index contributed by atoms with van der Waals surface area (Å²) in [7, 11) is 0. The molecule has 1 aromatic heterocycles. The van der Waals surface area contributed by atoms with Gasteiger partial charge in [0.05, 0.1) is 6.61 Å². The van der Waals surface area contributed by atoms with Crippen LogP contribution in [0.15, 0.2) is 47.4 Å². The van der Waals surface area contributed by atoms with E-state index in [0.717, 1.165) is 37.3 Å². The van der Waals surface area contributed by atoms with E-state index in [2.05, 4.69) is 4.98 Å². The number of carbonyl (C=O) groups is 4. The molecule has 0 radical (unpaired) electrons. The lowest BCUT2D eigenvalue weighted by Crippen LogP contribution is -2.54. The lowest BCUT2D eigenvalue weighted by molar-refractivity contribution is -0.216. The summed E-state index contributed by atoms with van der Waals surface area (Å²) in [6.45, 7) is 9.36. The maximum atomic E-state index is 12.3. The van der Waals surface area contributed by atoms with Gasteiger partial charge in [-0.3, -0.25) is 24.0 Å². The Morgan fingerprint density at radius 3 is 1.91 bits per heavy atom. The van der Waals surface area contributed by atoms with Crippen molar-refractivity contribution in [1.82, 2.24) is 4.98 Å². The number of rotatable bonds is 12. The fourth-order valence-corrected chi connectivity index (χ4v) is 4.89. The van der Waals surface area contributed by atoms with Crippen LogP contribution in [-0.4, -0.2) is 65.2 Å². The van der Waals surface area contributed by atoms with Crippen molar-refractivity contribution < 1.29 is 48.0 Å². The number of pyridine rings is 1. The SMILES string of the molecule is CC(=O)OCC(C)C(OC(C)=O)C(OC(C)=O)C(OC(C)=O)C(O)Oc1c(C)cc(-c2ccc3cc[nH]c(=O)c3c2)cc1C. The van der Waals surface area contributed by atoms with Crippen LogP contribution in [-0.2, 0) is 38.1 Å². The minimum absolute atomic E-state index is 0.214. The minimum Gasteiger partial charge on any atom is -0.465 e. The fourth-order valence-electron chi connectivity index (χ4n) is 4.89. The molecule has 12 nitrogen and oxygen atoms in total. The van der Waals surface area contributed by atoms with Crippen molar-refractivity contribution >= 4 is 34.6 Å². The van der Waals surface area contributed by atoms with Crippen LogP contribution in [0, 0.1) is 19.8 Å². The topological polar surface area (TPSA) is 168 Å². The molecular weight excluding hydrogens is 574 g/mol. The highest BCUT2D eigenvalue weighted by Crippen LogP contribution is 2.33. The summed E-state index contributed by atoms with van der Waals surface area (Å²) in [6.07, 6.45) is -4.83. The van der Waals surface area contributed by atoms with Gasteiger partial charge in [0.2, 0.25) is 12.4 Å². The van der Waals surface area contributed by atoms with Gasteiger partial charge in [0.1, 0.15) is 11.9 Å². The van der Waals surface area contributed by atoms with Gasteiger partial charge in [0.15, 0.2) is 6.10 Å². The number of fused-ring (bicyclic) bond motifs is 1. The van der Waals surface area contributed by atoms with E-state index in [1.807, 2.05) is 12.1 Å². The molecule has 44 heavy (non-hydrogen) atoms. The van der Waals surface area contributed by atoms with Gasteiger partial charge in [-0.2, -0.15) is 0 Å². The summed E-state index contributed by atoms with van der Waals surface area (Å²) in [6, 6.07) is 10.9. The summed E-state index contributed by atoms with van der Waals surface area (Å²) >= 11 is 0. The van der Waals surface area contributed by atoms with Crippen molar-refractivity contribution in [3.8, 4) is 16.9 Å². The summed E-state index contributed by atoms with van der Waals surface area (Å²) < 4.78 is 27.2. The highest BCUT2D eigenvalue weighted by atomic mass is 16.7. The maximum absolute atomic E-state index is 12.3. The Kier molecular flexibility index (Phi) is 11.2. The second-order valence-electron chi connectivity index (χ2n) is 10.6. The number of hydrogen-bond acceptors (Lipinski definition) is 11. The molecule has 0 amide bonds. The summed E-state index contributed by atoms with van der Waals surface area (Å²) in [5.41, 5.74) is 2.56. The third-order valence-corrected chi connectivity index (χ3v) is 6.75. The Labute approximate surface area is 254 Å². The van der Waals surface area contributed by atoms with E-state index in [9.17, 15) is 29.1 Å². The molecule has 0 saturated heterocycles. The molecule has 2 aromatic carbocycles. The van der Waals surface area contributed by atoms with E-state index in [-0.39, 0.29) is 17.9 Å². The van der Waals surface area contributed by atoms with Crippen LogP contribution >= 0.6 is 0 Å². The average molecular weight is 612 g/mol. The molecule has 0 saturated carbocycles. The Hall–Kier alpha value is -4.71. The first-order valence-electron chi connectivity index (χ1n) is 13.9. The number of aliphatic hydroxyl groups is 1. The van der Waals surface area contributed by atoms with E-state index >= 15 is 0 Å². The van der Waals surface area contributed by atoms with Crippen molar-refractivity contribution in [2.75, 3.05) is 6.61 Å². The highest BCUT2D eigenvalue weighted by molar-refractivity contribution is 5.86. The van der Waals surface area contributed by atoms with Gasteiger partial charge in [-0.25, -0.2) is 0 Å². The van der Waals surface area contributed by atoms with Crippen molar-refractivity contribution in [2.45, 2.75) is 73.1 Å². The normalized spacial score (nSPS) is 14.5. The van der Waals surface area contributed by atoms with E-state index in [1.165, 1.54) is 6.92 Å². The number of aromatic amines is 1. The summed E-state index contributed by atoms with van der Waals surface area (Å²) in [5.74, 6) is -3.49. The van der Waals surface area contributed by atoms with Crippen molar-refractivity contribution in [3.05, 3.63) is 64.1 Å². The van der Waals surface area contributed by atoms with Crippen LogP contribution in [0.25, 0.3) is 21.9 Å². The van der Waals surface area contributed by atoms with Crippen LogP contribution in [0.2, 0.25) is 0 Å². The van der Waals surface area contributed by atoms with Crippen molar-refractivity contribution in [2.24, 2.45) is 5.92 Å². The molecule has 3 rings (SSSR count). The molecule has 1 heterocycles. The number of H-pyrrole nitrogens is 1. The molecule has 0 aliphatic rings. The van der Waals surface area contributed by atoms with E-state index in [4.69, 9.17) is 23.7 Å². The van der Waals surface area contributed by atoms with Crippen LogP contribution < -0.4 is 10.3 Å². The van der Waals surface area contributed by atoms with Gasteiger partial charge >= 0.3 is 23.9 Å². The molecule has 236 valence electrons. The van der Waals surface area contributed by atoms with Gasteiger partial charge in [-0.05, 0) is 65.8 Å². The largest absolute Gasteiger partial charge is 0.465 e. The lowest BCUT2D eigenvalue weighted by atomic mass is 9.95. The van der Waals surface area contributed by atoms with Gasteiger partial charge in [-0.15, -0.1) is 0 Å². The van der Waals surface area contributed by atoms with Crippen molar-refractivity contribution in [1.29, 1.82) is 0 Å². The molecule has 12 heteroatoms. The first-order chi connectivity index (χ1) is 20.7. The Morgan fingerprint density at radius 2 is 1.34 bits per heavy atom. The number of carbonyl (C=O) groups excluding carboxylic acids is 4. The molecule has 3 aromatic rings. The van der Waals surface area contributed by atoms with Crippen molar-refractivity contribution in [3.63, 3.8) is 0 Å². The van der Waals surface area contributed by atoms with Crippen LogP contribution in [0.1, 0.15) is 45.7 Å². The second kappa shape index (κ2) is 14.6. The monoisotopic (exact) mass is 611 g/mol. The number of aromatic nitrogens is 1. The van der Waals surface area contributed by atoms with Gasteiger partial charge in [0.25, 0.3) is 5.56 Å². The molecule has 2 N–H and O–H groups in total. The predicted octanol–water partition coefficient (Wildman–Crippen LogP) is 3.50. The standard InChI is InChI=1S/C32H37NO11/c1-16-12-25(24-9-8-23-10-11-33-31(38)26(23)14-24)13-17(2)27(16)44-32(39)30(43-22(7)37)29(42-21(6)36)28(41-20(5)35)18(3)15-40-19(4)34/h8-14,18,28-30,32,39H,15H2,1-7H3,(H,33,38).